The molecule has 1 fully saturated rings. The number of amides is 2. The molecule has 0 bridgehead atoms. The van der Waals surface area contributed by atoms with Crippen molar-refractivity contribution in [3.05, 3.63) is 47.5 Å². The van der Waals surface area contributed by atoms with E-state index in [9.17, 15) is 9.59 Å². The minimum absolute atomic E-state index is 0.0454. The summed E-state index contributed by atoms with van der Waals surface area (Å²) in [6, 6.07) is 11.1. The Morgan fingerprint density at radius 1 is 0.957 bits per heavy atom. The number of benzene rings is 2. The maximum atomic E-state index is 12.5. The Balaban J connectivity index is 1.78. The molecule has 2 aromatic rings. The molecule has 1 aliphatic rings. The zero-order valence-electron chi connectivity index (χ0n) is 13.3. The van der Waals surface area contributed by atoms with Crippen LogP contribution in [-0.2, 0) is 0 Å². The van der Waals surface area contributed by atoms with Gasteiger partial charge < -0.3 is 11.1 Å². The summed E-state index contributed by atoms with van der Waals surface area (Å²) < 4.78 is 0. The summed E-state index contributed by atoms with van der Waals surface area (Å²) in [5.41, 5.74) is 6.40. The third-order valence-corrected chi connectivity index (χ3v) is 4.74. The van der Waals surface area contributed by atoms with Gasteiger partial charge in [0.05, 0.1) is 0 Å². The van der Waals surface area contributed by atoms with Crippen molar-refractivity contribution in [3.63, 3.8) is 0 Å². The van der Waals surface area contributed by atoms with Gasteiger partial charge in [-0.05, 0) is 66.6 Å². The fourth-order valence-corrected chi connectivity index (χ4v) is 3.21. The van der Waals surface area contributed by atoms with Gasteiger partial charge in [0.25, 0.3) is 5.91 Å². The van der Waals surface area contributed by atoms with E-state index in [0.29, 0.717) is 11.1 Å². The standard InChI is InChI=1S/C19H22N2O2/c1-12-2-8-17(9-3-12)21-19(23)15-7-5-13-4-6-14(18(20)22)10-16(13)11-15/h4-7,10-12,17H,2-3,8-9H2,1H3,(H2,20,22)(H,21,23). The summed E-state index contributed by atoms with van der Waals surface area (Å²) >= 11 is 0. The van der Waals surface area contributed by atoms with Crippen LogP contribution in [-0.4, -0.2) is 17.9 Å². The first kappa shape index (κ1) is 15.5. The molecule has 0 atom stereocenters. The number of carbonyl (C=O) groups is 2. The van der Waals surface area contributed by atoms with E-state index in [2.05, 4.69) is 12.2 Å². The highest BCUT2D eigenvalue weighted by Gasteiger charge is 2.20. The van der Waals surface area contributed by atoms with E-state index in [1.807, 2.05) is 24.3 Å². The van der Waals surface area contributed by atoms with Crippen molar-refractivity contribution in [1.82, 2.24) is 5.32 Å². The van der Waals surface area contributed by atoms with Crippen LogP contribution in [0.1, 0.15) is 53.3 Å². The van der Waals surface area contributed by atoms with Crippen molar-refractivity contribution < 1.29 is 9.59 Å². The van der Waals surface area contributed by atoms with Crippen LogP contribution in [0.5, 0.6) is 0 Å². The smallest absolute Gasteiger partial charge is 0.251 e. The Hall–Kier alpha value is -2.36. The van der Waals surface area contributed by atoms with Gasteiger partial charge >= 0.3 is 0 Å². The average Bonchev–Trinajstić information content (AvgIpc) is 2.55. The molecule has 4 nitrogen and oxygen atoms in total. The Labute approximate surface area is 136 Å². The second-order valence-electron chi connectivity index (χ2n) is 6.57. The maximum absolute atomic E-state index is 12.5. The zero-order chi connectivity index (χ0) is 16.4. The Bertz CT molecular complexity index is 746. The lowest BCUT2D eigenvalue weighted by Crippen LogP contribution is -2.37. The lowest BCUT2D eigenvalue weighted by molar-refractivity contribution is 0.0922. The first-order valence-electron chi connectivity index (χ1n) is 8.17. The highest BCUT2D eigenvalue weighted by atomic mass is 16.2. The fourth-order valence-electron chi connectivity index (χ4n) is 3.21. The van der Waals surface area contributed by atoms with Crippen LogP contribution >= 0.6 is 0 Å². The Kier molecular flexibility index (Phi) is 4.33. The third-order valence-electron chi connectivity index (χ3n) is 4.74. The number of primary amides is 1. The first-order chi connectivity index (χ1) is 11.0. The molecule has 0 unspecified atom stereocenters. The summed E-state index contributed by atoms with van der Waals surface area (Å²) in [5, 5.41) is 4.96. The van der Waals surface area contributed by atoms with Crippen LogP contribution in [0, 0.1) is 5.92 Å². The molecule has 2 aromatic carbocycles. The third kappa shape index (κ3) is 3.52. The molecule has 0 aromatic heterocycles. The van der Waals surface area contributed by atoms with Crippen LogP contribution in [0.2, 0.25) is 0 Å². The van der Waals surface area contributed by atoms with Gasteiger partial charge in [0.2, 0.25) is 5.91 Å². The van der Waals surface area contributed by atoms with Crippen LogP contribution < -0.4 is 11.1 Å². The molecule has 0 heterocycles. The van der Waals surface area contributed by atoms with Gasteiger partial charge in [-0.25, -0.2) is 0 Å². The lowest BCUT2D eigenvalue weighted by atomic mass is 9.87. The van der Waals surface area contributed by atoms with Crippen molar-refractivity contribution in [2.75, 3.05) is 0 Å². The van der Waals surface area contributed by atoms with Gasteiger partial charge in [-0.15, -0.1) is 0 Å². The Morgan fingerprint density at radius 2 is 1.57 bits per heavy atom. The van der Waals surface area contributed by atoms with Crippen molar-refractivity contribution in [3.8, 4) is 0 Å². The highest BCUT2D eigenvalue weighted by molar-refractivity contribution is 6.01. The molecule has 23 heavy (non-hydrogen) atoms. The normalized spacial score (nSPS) is 21.1. The highest BCUT2D eigenvalue weighted by Crippen LogP contribution is 2.24. The molecule has 1 saturated carbocycles. The molecular weight excluding hydrogens is 288 g/mol. The van der Waals surface area contributed by atoms with E-state index in [1.165, 1.54) is 12.8 Å². The van der Waals surface area contributed by atoms with Gasteiger partial charge in [-0.2, -0.15) is 0 Å². The number of hydrogen-bond donors (Lipinski definition) is 2. The molecule has 0 aliphatic heterocycles. The maximum Gasteiger partial charge on any atom is 0.251 e. The van der Waals surface area contributed by atoms with E-state index < -0.39 is 5.91 Å². The van der Waals surface area contributed by atoms with E-state index in [0.717, 1.165) is 29.5 Å². The SMILES string of the molecule is CC1CCC(NC(=O)c2ccc3ccc(C(N)=O)cc3c2)CC1. The largest absolute Gasteiger partial charge is 0.366 e. The fraction of sp³-hybridized carbons (Fsp3) is 0.368. The molecule has 0 saturated heterocycles. The molecule has 1 aliphatic carbocycles. The lowest BCUT2D eigenvalue weighted by Gasteiger charge is -2.26. The number of fused-ring (bicyclic) bond motifs is 1. The van der Waals surface area contributed by atoms with Crippen LogP contribution in [0.25, 0.3) is 10.8 Å². The minimum Gasteiger partial charge on any atom is -0.366 e. The molecule has 3 N–H and O–H groups in total. The summed E-state index contributed by atoms with van der Waals surface area (Å²) in [6.45, 7) is 2.26. The van der Waals surface area contributed by atoms with Crippen molar-refractivity contribution >= 4 is 22.6 Å². The molecule has 4 heteroatoms. The van der Waals surface area contributed by atoms with Gasteiger partial charge in [0.1, 0.15) is 0 Å². The van der Waals surface area contributed by atoms with Crippen molar-refractivity contribution in [2.24, 2.45) is 11.7 Å². The minimum atomic E-state index is -0.460. The summed E-state index contributed by atoms with van der Waals surface area (Å²) in [6.07, 6.45) is 4.44. The number of rotatable bonds is 3. The number of nitrogens with two attached hydrogens (primary N) is 1. The molecule has 0 spiro atoms. The predicted molar refractivity (Wildman–Crippen MR) is 91.4 cm³/mol. The number of hydrogen-bond acceptors (Lipinski definition) is 2. The number of nitrogens with one attached hydrogen (secondary N) is 1. The second kappa shape index (κ2) is 6.41. The van der Waals surface area contributed by atoms with Crippen LogP contribution in [0.4, 0.5) is 0 Å². The van der Waals surface area contributed by atoms with E-state index >= 15 is 0 Å². The molecule has 2 amide bonds. The van der Waals surface area contributed by atoms with Crippen LogP contribution in [0.15, 0.2) is 36.4 Å². The predicted octanol–water partition coefficient (Wildman–Crippen LogP) is 3.25. The van der Waals surface area contributed by atoms with Gasteiger partial charge in [-0.1, -0.05) is 19.1 Å². The summed E-state index contributed by atoms with van der Waals surface area (Å²) in [4.78, 5) is 23.7. The number of carbonyl (C=O) groups excluding carboxylic acids is 2. The zero-order valence-corrected chi connectivity index (χ0v) is 13.3. The van der Waals surface area contributed by atoms with Gasteiger partial charge in [0.15, 0.2) is 0 Å². The molecule has 120 valence electrons. The van der Waals surface area contributed by atoms with Crippen LogP contribution in [0.3, 0.4) is 0 Å². The molecule has 0 radical (unpaired) electrons. The summed E-state index contributed by atoms with van der Waals surface area (Å²) in [5.74, 6) is 0.255. The monoisotopic (exact) mass is 310 g/mol. The second-order valence-corrected chi connectivity index (χ2v) is 6.57. The Morgan fingerprint density at radius 3 is 2.22 bits per heavy atom. The first-order valence-corrected chi connectivity index (χ1v) is 8.17. The van der Waals surface area contributed by atoms with Gasteiger partial charge in [-0.3, -0.25) is 9.59 Å². The van der Waals surface area contributed by atoms with E-state index in [4.69, 9.17) is 5.73 Å². The molecular formula is C19H22N2O2. The van der Waals surface area contributed by atoms with Gasteiger partial charge in [0, 0.05) is 17.2 Å². The molecule has 3 rings (SSSR count). The average molecular weight is 310 g/mol. The summed E-state index contributed by atoms with van der Waals surface area (Å²) in [7, 11) is 0. The van der Waals surface area contributed by atoms with Crippen molar-refractivity contribution in [2.45, 2.75) is 38.6 Å². The van der Waals surface area contributed by atoms with E-state index in [1.54, 1.807) is 12.1 Å². The topological polar surface area (TPSA) is 72.2 Å². The quantitative estimate of drug-likeness (QED) is 0.913. The van der Waals surface area contributed by atoms with Crippen molar-refractivity contribution in [1.29, 1.82) is 0 Å². The van der Waals surface area contributed by atoms with E-state index in [-0.39, 0.29) is 11.9 Å².